The monoisotopic (exact) mass is 268 g/mol. The zero-order valence-electron chi connectivity index (χ0n) is 10.8. The van der Waals surface area contributed by atoms with Crippen molar-refractivity contribution in [1.29, 1.82) is 0 Å². The van der Waals surface area contributed by atoms with Gasteiger partial charge in [0.1, 0.15) is 18.2 Å². The summed E-state index contributed by atoms with van der Waals surface area (Å²) in [6, 6.07) is 2.28. The second kappa shape index (κ2) is 6.24. The number of nitrogen functional groups attached to an aromatic ring is 1. The lowest BCUT2D eigenvalue weighted by atomic mass is 10.2. The minimum Gasteiger partial charge on any atom is -0.384 e. The lowest BCUT2D eigenvalue weighted by Crippen LogP contribution is -2.18. The van der Waals surface area contributed by atoms with Crippen LogP contribution in [0.1, 0.15) is 25.1 Å². The molecule has 1 aliphatic rings. The molecule has 0 bridgehead atoms. The van der Waals surface area contributed by atoms with Crippen LogP contribution in [-0.4, -0.2) is 34.6 Å². The molecule has 5 nitrogen and oxygen atoms in total. The Hall–Kier alpha value is -1.01. The third kappa shape index (κ3) is 3.49. The van der Waals surface area contributed by atoms with Gasteiger partial charge in [0.05, 0.1) is 0 Å². The van der Waals surface area contributed by atoms with Crippen molar-refractivity contribution < 1.29 is 4.74 Å². The van der Waals surface area contributed by atoms with Crippen molar-refractivity contribution >= 4 is 23.4 Å². The van der Waals surface area contributed by atoms with Gasteiger partial charge in [-0.2, -0.15) is 11.8 Å². The van der Waals surface area contributed by atoms with E-state index >= 15 is 0 Å². The van der Waals surface area contributed by atoms with Crippen molar-refractivity contribution in [3.05, 3.63) is 11.9 Å². The maximum absolute atomic E-state index is 5.77. The molecule has 2 rings (SSSR count). The Morgan fingerprint density at radius 1 is 1.50 bits per heavy atom. The van der Waals surface area contributed by atoms with Gasteiger partial charge in [-0.15, -0.1) is 0 Å². The smallest absolute Gasteiger partial charge is 0.158 e. The molecular formula is C12H20N4OS. The number of aromatic nitrogens is 2. The minimum atomic E-state index is 0.387. The van der Waals surface area contributed by atoms with Gasteiger partial charge in [-0.25, -0.2) is 9.97 Å². The molecule has 1 aromatic rings. The predicted octanol–water partition coefficient (Wildman–Crippen LogP) is 1.90. The zero-order valence-corrected chi connectivity index (χ0v) is 11.7. The van der Waals surface area contributed by atoms with E-state index in [1.807, 2.05) is 11.8 Å². The average molecular weight is 268 g/mol. The fourth-order valence-corrected chi connectivity index (χ4v) is 3.08. The van der Waals surface area contributed by atoms with Crippen LogP contribution in [0.3, 0.4) is 0 Å². The van der Waals surface area contributed by atoms with Crippen molar-refractivity contribution in [1.82, 2.24) is 9.97 Å². The third-order valence-electron chi connectivity index (χ3n) is 3.14. The summed E-state index contributed by atoms with van der Waals surface area (Å²) in [5.74, 6) is 1.92. The first-order valence-corrected chi connectivity index (χ1v) is 7.41. The topological polar surface area (TPSA) is 73.1 Å². The number of thioether (sulfide) groups is 1. The molecule has 100 valence electrons. The number of hydrogen-bond donors (Lipinski definition) is 2. The van der Waals surface area contributed by atoms with Crippen molar-refractivity contribution in [2.45, 2.75) is 37.2 Å². The molecule has 0 aliphatic heterocycles. The van der Waals surface area contributed by atoms with E-state index in [-0.39, 0.29) is 0 Å². The van der Waals surface area contributed by atoms with Crippen LogP contribution in [0.4, 0.5) is 11.6 Å². The highest BCUT2D eigenvalue weighted by molar-refractivity contribution is 7.99. The summed E-state index contributed by atoms with van der Waals surface area (Å²) in [6.45, 7) is 0.387. The molecule has 1 aliphatic carbocycles. The van der Waals surface area contributed by atoms with Crippen LogP contribution < -0.4 is 11.1 Å². The van der Waals surface area contributed by atoms with Crippen LogP contribution in [0.25, 0.3) is 0 Å². The molecule has 1 fully saturated rings. The largest absolute Gasteiger partial charge is 0.384 e. The summed E-state index contributed by atoms with van der Waals surface area (Å²) in [5.41, 5.74) is 5.77. The number of nitrogens with one attached hydrogen (secondary N) is 1. The van der Waals surface area contributed by atoms with Gasteiger partial charge in [-0.3, -0.25) is 0 Å². The van der Waals surface area contributed by atoms with Crippen LogP contribution in [0.2, 0.25) is 0 Å². The van der Waals surface area contributed by atoms with Crippen LogP contribution in [0.5, 0.6) is 0 Å². The summed E-state index contributed by atoms with van der Waals surface area (Å²) < 4.78 is 5.03. The maximum atomic E-state index is 5.77. The van der Waals surface area contributed by atoms with Crippen molar-refractivity contribution in [3.8, 4) is 0 Å². The van der Waals surface area contributed by atoms with Gasteiger partial charge in [-0.05, 0) is 25.5 Å². The molecule has 0 spiro atoms. The molecular weight excluding hydrogens is 248 g/mol. The lowest BCUT2D eigenvalue weighted by molar-refractivity contribution is 0.178. The summed E-state index contributed by atoms with van der Waals surface area (Å²) in [6.07, 6.45) is 5.82. The third-order valence-corrected chi connectivity index (χ3v) is 4.23. The van der Waals surface area contributed by atoms with Gasteiger partial charge in [0.25, 0.3) is 0 Å². The number of ether oxygens (including phenoxy) is 1. The number of nitrogens with two attached hydrogens (primary N) is 1. The quantitative estimate of drug-likeness (QED) is 0.849. The number of hydrogen-bond acceptors (Lipinski definition) is 6. The molecule has 0 amide bonds. The van der Waals surface area contributed by atoms with E-state index in [9.17, 15) is 0 Å². The molecule has 3 N–H and O–H groups in total. The molecule has 0 saturated heterocycles. The highest BCUT2D eigenvalue weighted by Crippen LogP contribution is 2.30. The molecule has 2 atom stereocenters. The Morgan fingerprint density at radius 2 is 2.33 bits per heavy atom. The Labute approximate surface area is 112 Å². The van der Waals surface area contributed by atoms with Crippen LogP contribution in [-0.2, 0) is 11.3 Å². The predicted molar refractivity (Wildman–Crippen MR) is 75.7 cm³/mol. The van der Waals surface area contributed by atoms with Crippen molar-refractivity contribution in [2.24, 2.45) is 0 Å². The second-order valence-electron chi connectivity index (χ2n) is 4.54. The molecule has 1 saturated carbocycles. The number of anilines is 2. The van der Waals surface area contributed by atoms with E-state index < -0.39 is 0 Å². The SMILES string of the molecule is COCc1nc(N)cc(NC2CCC(SC)C2)n1. The zero-order chi connectivity index (χ0) is 13.0. The summed E-state index contributed by atoms with van der Waals surface area (Å²) in [5, 5.41) is 4.21. The first kappa shape index (κ1) is 13.4. The first-order valence-electron chi connectivity index (χ1n) is 6.13. The van der Waals surface area contributed by atoms with Crippen molar-refractivity contribution in [3.63, 3.8) is 0 Å². The van der Waals surface area contributed by atoms with Gasteiger partial charge >= 0.3 is 0 Å². The molecule has 0 radical (unpaired) electrons. The standard InChI is InChI=1S/C12H20N4OS/c1-17-7-12-15-10(13)6-11(16-12)14-8-3-4-9(5-8)18-2/h6,8-9H,3-5,7H2,1-2H3,(H3,13,14,15,16). The van der Waals surface area contributed by atoms with E-state index in [0.29, 0.717) is 24.3 Å². The fraction of sp³-hybridized carbons (Fsp3) is 0.667. The summed E-state index contributed by atoms with van der Waals surface area (Å²) in [4.78, 5) is 8.53. The number of rotatable bonds is 5. The average Bonchev–Trinajstić information content (AvgIpc) is 2.76. The van der Waals surface area contributed by atoms with E-state index in [4.69, 9.17) is 10.5 Å². The lowest BCUT2D eigenvalue weighted by Gasteiger charge is -2.14. The summed E-state index contributed by atoms with van der Waals surface area (Å²) >= 11 is 1.94. The molecule has 0 aromatic carbocycles. The maximum Gasteiger partial charge on any atom is 0.158 e. The molecule has 6 heteroatoms. The van der Waals surface area contributed by atoms with E-state index in [1.165, 1.54) is 19.3 Å². The van der Waals surface area contributed by atoms with Gasteiger partial charge in [0, 0.05) is 24.5 Å². The van der Waals surface area contributed by atoms with E-state index in [0.717, 1.165) is 11.1 Å². The van der Waals surface area contributed by atoms with E-state index in [1.54, 1.807) is 13.2 Å². The van der Waals surface area contributed by atoms with Crippen molar-refractivity contribution in [2.75, 3.05) is 24.4 Å². The minimum absolute atomic E-state index is 0.387. The normalized spacial score (nSPS) is 23.2. The second-order valence-corrected chi connectivity index (χ2v) is 5.68. The van der Waals surface area contributed by atoms with Gasteiger partial charge in [0.15, 0.2) is 5.82 Å². The number of nitrogens with zero attached hydrogens (tertiary/aromatic N) is 2. The number of methoxy groups -OCH3 is 1. The molecule has 2 unspecified atom stereocenters. The Bertz CT molecular complexity index is 402. The van der Waals surface area contributed by atoms with Crippen LogP contribution in [0.15, 0.2) is 6.07 Å². The van der Waals surface area contributed by atoms with E-state index in [2.05, 4.69) is 21.5 Å². The van der Waals surface area contributed by atoms with Gasteiger partial charge in [-0.1, -0.05) is 0 Å². The molecule has 18 heavy (non-hydrogen) atoms. The van der Waals surface area contributed by atoms with Crippen LogP contribution in [0, 0.1) is 0 Å². The Morgan fingerprint density at radius 3 is 3.00 bits per heavy atom. The fourth-order valence-electron chi connectivity index (χ4n) is 2.28. The Balaban J connectivity index is 2.00. The highest BCUT2D eigenvalue weighted by atomic mass is 32.2. The molecule has 1 heterocycles. The molecule has 1 aromatic heterocycles. The van der Waals surface area contributed by atoms with Gasteiger partial charge in [0.2, 0.25) is 0 Å². The highest BCUT2D eigenvalue weighted by Gasteiger charge is 2.24. The van der Waals surface area contributed by atoms with Crippen LogP contribution >= 0.6 is 11.8 Å². The van der Waals surface area contributed by atoms with Gasteiger partial charge < -0.3 is 15.8 Å². The summed E-state index contributed by atoms with van der Waals surface area (Å²) in [7, 11) is 1.62. The Kier molecular flexibility index (Phi) is 4.66. The first-order chi connectivity index (χ1) is 8.71.